The lowest BCUT2D eigenvalue weighted by Gasteiger charge is -2.03. The second kappa shape index (κ2) is 6.18. The van der Waals surface area contributed by atoms with Gasteiger partial charge in [-0.1, -0.05) is 0 Å². The third-order valence-corrected chi connectivity index (χ3v) is 2.86. The van der Waals surface area contributed by atoms with Crippen molar-refractivity contribution in [2.75, 3.05) is 13.1 Å². The van der Waals surface area contributed by atoms with Gasteiger partial charge in [-0.05, 0) is 31.0 Å². The summed E-state index contributed by atoms with van der Waals surface area (Å²) in [4.78, 5) is 26.9. The highest BCUT2D eigenvalue weighted by Crippen LogP contribution is 2.07. The number of nitrogens with one attached hydrogen (secondary N) is 2. The molecule has 0 saturated heterocycles. The van der Waals surface area contributed by atoms with Crippen molar-refractivity contribution in [3.05, 3.63) is 35.8 Å². The average molecular weight is 274 g/mol. The molecule has 0 aliphatic carbocycles. The van der Waals surface area contributed by atoms with Gasteiger partial charge in [0.15, 0.2) is 0 Å². The van der Waals surface area contributed by atoms with E-state index in [-0.39, 0.29) is 11.8 Å². The van der Waals surface area contributed by atoms with E-state index < -0.39 is 0 Å². The van der Waals surface area contributed by atoms with Crippen LogP contribution in [-0.4, -0.2) is 34.3 Å². The van der Waals surface area contributed by atoms with E-state index in [9.17, 15) is 9.59 Å². The molecule has 0 spiro atoms. The number of aromatic nitrogens is 2. The van der Waals surface area contributed by atoms with Gasteiger partial charge in [-0.25, -0.2) is 4.98 Å². The molecule has 106 valence electrons. The van der Waals surface area contributed by atoms with Crippen LogP contribution < -0.4 is 10.6 Å². The molecule has 2 aromatic rings. The molecule has 20 heavy (non-hydrogen) atoms. The van der Waals surface area contributed by atoms with Crippen molar-refractivity contribution in [2.24, 2.45) is 0 Å². The monoisotopic (exact) mass is 274 g/mol. The molecule has 0 unspecified atom stereocenters. The second-order valence-electron chi connectivity index (χ2n) is 4.69. The molecule has 0 aromatic carbocycles. The summed E-state index contributed by atoms with van der Waals surface area (Å²) in [7, 11) is 0. The van der Waals surface area contributed by atoms with Crippen LogP contribution in [0.3, 0.4) is 0 Å². The minimum Gasteiger partial charge on any atom is -0.356 e. The Hall–Kier alpha value is -2.37. The van der Waals surface area contributed by atoms with Gasteiger partial charge < -0.3 is 15.0 Å². The first-order valence-corrected chi connectivity index (χ1v) is 6.54. The summed E-state index contributed by atoms with van der Waals surface area (Å²) in [5.41, 5.74) is 2.26. The van der Waals surface area contributed by atoms with Gasteiger partial charge in [-0.2, -0.15) is 0 Å². The summed E-state index contributed by atoms with van der Waals surface area (Å²) in [5, 5.41) is 5.46. The first-order valence-electron chi connectivity index (χ1n) is 6.54. The predicted octanol–water partition coefficient (Wildman–Crippen LogP) is 0.899. The van der Waals surface area contributed by atoms with Crippen LogP contribution in [0.4, 0.5) is 0 Å². The molecule has 2 N–H and O–H groups in total. The predicted molar refractivity (Wildman–Crippen MR) is 75.6 cm³/mol. The van der Waals surface area contributed by atoms with Crippen molar-refractivity contribution >= 4 is 17.5 Å². The first-order chi connectivity index (χ1) is 9.56. The molecular formula is C14H18N4O2. The summed E-state index contributed by atoms with van der Waals surface area (Å²) >= 11 is 0. The zero-order valence-corrected chi connectivity index (χ0v) is 11.6. The fourth-order valence-electron chi connectivity index (χ4n) is 1.84. The molecule has 0 saturated carbocycles. The van der Waals surface area contributed by atoms with Crippen LogP contribution in [0.25, 0.3) is 5.65 Å². The normalized spacial score (nSPS) is 10.5. The van der Waals surface area contributed by atoms with E-state index >= 15 is 0 Å². The van der Waals surface area contributed by atoms with Gasteiger partial charge >= 0.3 is 0 Å². The van der Waals surface area contributed by atoms with Gasteiger partial charge in [-0.3, -0.25) is 9.59 Å². The summed E-state index contributed by atoms with van der Waals surface area (Å²) in [6, 6.07) is 3.89. The van der Waals surface area contributed by atoms with E-state index in [4.69, 9.17) is 0 Å². The van der Waals surface area contributed by atoms with Crippen molar-refractivity contribution in [2.45, 2.75) is 20.3 Å². The highest BCUT2D eigenvalue weighted by atomic mass is 16.2. The van der Waals surface area contributed by atoms with Crippen molar-refractivity contribution in [3.63, 3.8) is 0 Å². The summed E-state index contributed by atoms with van der Waals surface area (Å²) < 4.78 is 1.82. The van der Waals surface area contributed by atoms with Gasteiger partial charge in [0, 0.05) is 32.4 Å². The molecule has 2 aromatic heterocycles. The number of hydrogen-bond donors (Lipinski definition) is 2. The van der Waals surface area contributed by atoms with E-state index in [0.717, 1.165) is 11.2 Å². The van der Waals surface area contributed by atoms with E-state index in [1.54, 1.807) is 6.20 Å². The Morgan fingerprint density at radius 3 is 2.80 bits per heavy atom. The van der Waals surface area contributed by atoms with Gasteiger partial charge in [0.25, 0.3) is 5.91 Å². The van der Waals surface area contributed by atoms with Gasteiger partial charge in [-0.15, -0.1) is 0 Å². The maximum atomic E-state index is 11.9. The number of amides is 2. The molecule has 0 atom stereocenters. The summed E-state index contributed by atoms with van der Waals surface area (Å²) in [5.74, 6) is -0.263. The van der Waals surface area contributed by atoms with E-state index in [1.165, 1.54) is 6.92 Å². The Balaban J connectivity index is 1.89. The number of carbonyl (C=O) groups excluding carboxylic acids is 2. The third-order valence-electron chi connectivity index (χ3n) is 2.86. The first kappa shape index (κ1) is 14.0. The van der Waals surface area contributed by atoms with Gasteiger partial charge in [0.05, 0.1) is 0 Å². The number of rotatable bonds is 5. The number of nitrogens with zero attached hydrogens (tertiary/aromatic N) is 2. The van der Waals surface area contributed by atoms with Crippen LogP contribution in [0, 0.1) is 6.92 Å². The quantitative estimate of drug-likeness (QED) is 0.795. The smallest absolute Gasteiger partial charge is 0.271 e. The fraction of sp³-hybridized carbons (Fsp3) is 0.357. The lowest BCUT2D eigenvalue weighted by atomic mass is 10.3. The molecule has 0 aliphatic heterocycles. The number of carbonyl (C=O) groups is 2. The number of hydrogen-bond acceptors (Lipinski definition) is 3. The van der Waals surface area contributed by atoms with Crippen LogP contribution in [0.2, 0.25) is 0 Å². The Bertz CT molecular complexity index is 633. The maximum absolute atomic E-state index is 11.9. The average Bonchev–Trinajstić information content (AvgIpc) is 2.80. The minimum atomic E-state index is -0.200. The molecule has 0 bridgehead atoms. The topological polar surface area (TPSA) is 75.5 Å². The molecule has 6 nitrogen and oxygen atoms in total. The van der Waals surface area contributed by atoms with E-state index in [2.05, 4.69) is 15.6 Å². The summed E-state index contributed by atoms with van der Waals surface area (Å²) in [6.45, 7) is 4.51. The second-order valence-corrected chi connectivity index (χ2v) is 4.69. The molecule has 6 heteroatoms. The molecule has 0 radical (unpaired) electrons. The van der Waals surface area contributed by atoms with Crippen molar-refractivity contribution in [1.82, 2.24) is 20.0 Å². The van der Waals surface area contributed by atoms with Crippen molar-refractivity contribution in [3.8, 4) is 0 Å². The largest absolute Gasteiger partial charge is 0.356 e. The number of pyridine rings is 1. The number of fused-ring (bicyclic) bond motifs is 1. The van der Waals surface area contributed by atoms with Crippen molar-refractivity contribution < 1.29 is 9.59 Å². The van der Waals surface area contributed by atoms with Crippen LogP contribution in [-0.2, 0) is 4.79 Å². The highest BCUT2D eigenvalue weighted by Gasteiger charge is 2.09. The highest BCUT2D eigenvalue weighted by molar-refractivity contribution is 5.92. The standard InChI is InChI=1S/C14H18N4O2/c1-10-4-7-18-9-12(17-13(18)8-10)14(20)16-6-3-5-15-11(2)19/h4,7-9H,3,5-6H2,1-2H3,(H,15,19)(H,16,20). The maximum Gasteiger partial charge on any atom is 0.271 e. The lowest BCUT2D eigenvalue weighted by Crippen LogP contribution is -2.28. The fourth-order valence-corrected chi connectivity index (χ4v) is 1.84. The zero-order chi connectivity index (χ0) is 14.5. The molecule has 0 fully saturated rings. The minimum absolute atomic E-state index is 0.0629. The van der Waals surface area contributed by atoms with E-state index in [0.29, 0.717) is 25.2 Å². The molecule has 0 aliphatic rings. The number of aryl methyl sites for hydroxylation is 1. The Morgan fingerprint density at radius 2 is 2.05 bits per heavy atom. The number of imidazole rings is 1. The third kappa shape index (κ3) is 3.57. The molecular weight excluding hydrogens is 256 g/mol. The lowest BCUT2D eigenvalue weighted by molar-refractivity contribution is -0.118. The van der Waals surface area contributed by atoms with Crippen LogP contribution in [0.5, 0.6) is 0 Å². The SMILES string of the molecule is CC(=O)NCCCNC(=O)c1cn2ccc(C)cc2n1. The van der Waals surface area contributed by atoms with Gasteiger partial charge in [0.2, 0.25) is 5.91 Å². The molecule has 2 heterocycles. The van der Waals surface area contributed by atoms with Crippen LogP contribution in [0.15, 0.2) is 24.5 Å². The Kier molecular flexibility index (Phi) is 4.34. The molecule has 2 amide bonds. The Labute approximate surface area is 117 Å². The van der Waals surface area contributed by atoms with Crippen molar-refractivity contribution in [1.29, 1.82) is 0 Å². The van der Waals surface area contributed by atoms with E-state index in [1.807, 2.05) is 29.7 Å². The zero-order valence-electron chi connectivity index (χ0n) is 11.6. The van der Waals surface area contributed by atoms with Crippen LogP contribution in [0.1, 0.15) is 29.4 Å². The molecule has 2 rings (SSSR count). The Morgan fingerprint density at radius 1 is 1.30 bits per heavy atom. The summed E-state index contributed by atoms with van der Waals surface area (Å²) in [6.07, 6.45) is 4.28. The van der Waals surface area contributed by atoms with Crippen LogP contribution >= 0.6 is 0 Å². The van der Waals surface area contributed by atoms with Gasteiger partial charge in [0.1, 0.15) is 11.3 Å².